The second kappa shape index (κ2) is 6.65. The van der Waals surface area contributed by atoms with Crippen molar-refractivity contribution in [2.45, 2.75) is 51.2 Å². The van der Waals surface area contributed by atoms with E-state index in [1.165, 1.54) is 0 Å². The van der Waals surface area contributed by atoms with Gasteiger partial charge in [0.1, 0.15) is 5.82 Å². The number of aliphatic hydroxyl groups excluding tert-OH is 1. The summed E-state index contributed by atoms with van der Waals surface area (Å²) in [4.78, 5) is 18.7. The van der Waals surface area contributed by atoms with Crippen LogP contribution in [0.15, 0.2) is 18.3 Å². The molecule has 1 aliphatic heterocycles. The van der Waals surface area contributed by atoms with E-state index in [9.17, 15) is 9.90 Å². The van der Waals surface area contributed by atoms with E-state index >= 15 is 0 Å². The Balaban J connectivity index is 1.60. The zero-order valence-electron chi connectivity index (χ0n) is 13.2. The minimum absolute atomic E-state index is 0.0758. The Bertz CT molecular complexity index is 509. The van der Waals surface area contributed by atoms with E-state index in [1.54, 1.807) is 6.20 Å². The lowest BCUT2D eigenvalue weighted by atomic mass is 9.99. The van der Waals surface area contributed by atoms with Crippen LogP contribution in [-0.2, 0) is 0 Å². The number of hydrogen-bond donors (Lipinski definition) is 2. The van der Waals surface area contributed by atoms with Crippen LogP contribution in [0.3, 0.4) is 0 Å². The van der Waals surface area contributed by atoms with Crippen LogP contribution in [0.5, 0.6) is 0 Å². The van der Waals surface area contributed by atoms with Crippen molar-refractivity contribution in [3.8, 4) is 0 Å². The van der Waals surface area contributed by atoms with Crippen molar-refractivity contribution in [3.63, 3.8) is 0 Å². The summed E-state index contributed by atoms with van der Waals surface area (Å²) in [6, 6.07) is 3.75. The van der Waals surface area contributed by atoms with Crippen molar-refractivity contribution in [3.05, 3.63) is 23.9 Å². The number of amides is 1. The number of pyridine rings is 1. The molecule has 2 atom stereocenters. The molecule has 0 spiro atoms. The summed E-state index contributed by atoms with van der Waals surface area (Å²) in [6.45, 7) is 3.92. The van der Waals surface area contributed by atoms with Crippen molar-refractivity contribution < 1.29 is 9.90 Å². The first-order valence-corrected chi connectivity index (χ1v) is 8.33. The van der Waals surface area contributed by atoms with Gasteiger partial charge in [0, 0.05) is 19.3 Å². The van der Waals surface area contributed by atoms with Gasteiger partial charge in [-0.25, -0.2) is 4.98 Å². The summed E-state index contributed by atoms with van der Waals surface area (Å²) in [5, 5.41) is 13.1. The van der Waals surface area contributed by atoms with Crippen LogP contribution >= 0.6 is 0 Å². The lowest BCUT2D eigenvalue weighted by Gasteiger charge is -2.30. The third-order valence-corrected chi connectivity index (χ3v) is 4.89. The third kappa shape index (κ3) is 3.40. The van der Waals surface area contributed by atoms with Crippen LogP contribution in [0.2, 0.25) is 0 Å². The molecule has 1 amide bonds. The van der Waals surface area contributed by atoms with Crippen LogP contribution in [-0.4, -0.2) is 46.1 Å². The average Bonchev–Trinajstić information content (AvgIpc) is 2.93. The number of nitrogens with zero attached hydrogens (tertiary/aromatic N) is 2. The summed E-state index contributed by atoms with van der Waals surface area (Å²) in [7, 11) is 0. The highest BCUT2D eigenvalue weighted by Crippen LogP contribution is 2.23. The Morgan fingerprint density at radius 1 is 1.27 bits per heavy atom. The smallest absolute Gasteiger partial charge is 0.255 e. The Labute approximate surface area is 131 Å². The van der Waals surface area contributed by atoms with Crippen molar-refractivity contribution >= 4 is 11.7 Å². The topological polar surface area (TPSA) is 65.5 Å². The first-order chi connectivity index (χ1) is 10.6. The zero-order valence-corrected chi connectivity index (χ0v) is 13.2. The van der Waals surface area contributed by atoms with Gasteiger partial charge in [0.05, 0.1) is 17.7 Å². The number of carbonyl (C=O) groups is 1. The van der Waals surface area contributed by atoms with Gasteiger partial charge in [0.25, 0.3) is 5.91 Å². The number of aliphatic hydroxyl groups is 1. The van der Waals surface area contributed by atoms with Crippen molar-refractivity contribution in [2.24, 2.45) is 5.92 Å². The predicted octanol–water partition coefficient (Wildman–Crippen LogP) is 2.28. The Morgan fingerprint density at radius 2 is 2.05 bits per heavy atom. The second-order valence-electron chi connectivity index (χ2n) is 6.66. The summed E-state index contributed by atoms with van der Waals surface area (Å²) in [5.74, 6) is 1.52. The molecule has 1 aromatic rings. The molecule has 5 nitrogen and oxygen atoms in total. The Kier molecular flexibility index (Phi) is 4.62. The number of nitrogens with one attached hydrogen (secondary N) is 1. The highest BCUT2D eigenvalue weighted by atomic mass is 16.3. The third-order valence-electron chi connectivity index (χ3n) is 4.89. The standard InChI is InChI=1S/C17H25N3O2/c1-12-7-9-20(10-8-12)17(22)13-5-6-16(18-11-13)19-14-3-2-4-15(14)21/h5-6,11-12,14-15,21H,2-4,7-10H2,1H3,(H,18,19)/t14-,15+/m1/s1. The summed E-state index contributed by atoms with van der Waals surface area (Å²) in [5.41, 5.74) is 0.645. The maximum absolute atomic E-state index is 12.4. The van der Waals surface area contributed by atoms with E-state index in [0.717, 1.165) is 51.0 Å². The normalized spacial score (nSPS) is 26.2. The molecular formula is C17H25N3O2. The maximum Gasteiger partial charge on any atom is 0.255 e. The summed E-state index contributed by atoms with van der Waals surface area (Å²) >= 11 is 0. The molecule has 1 saturated carbocycles. The Morgan fingerprint density at radius 3 is 2.64 bits per heavy atom. The molecule has 1 aromatic heterocycles. The van der Waals surface area contributed by atoms with Crippen LogP contribution < -0.4 is 5.32 Å². The number of aromatic nitrogens is 1. The van der Waals surface area contributed by atoms with Gasteiger partial charge in [-0.05, 0) is 50.2 Å². The molecule has 0 unspecified atom stereocenters. The molecular weight excluding hydrogens is 278 g/mol. The van der Waals surface area contributed by atoms with Gasteiger partial charge in [0.15, 0.2) is 0 Å². The number of likely N-dealkylation sites (tertiary alicyclic amines) is 1. The summed E-state index contributed by atoms with van der Waals surface area (Å²) in [6.07, 6.45) is 6.37. The molecule has 22 heavy (non-hydrogen) atoms. The van der Waals surface area contributed by atoms with Crippen molar-refractivity contribution in [1.29, 1.82) is 0 Å². The quantitative estimate of drug-likeness (QED) is 0.899. The van der Waals surface area contributed by atoms with Crippen LogP contribution in [0.4, 0.5) is 5.82 Å². The van der Waals surface area contributed by atoms with E-state index in [0.29, 0.717) is 11.5 Å². The first-order valence-electron chi connectivity index (χ1n) is 8.33. The first kappa shape index (κ1) is 15.3. The van der Waals surface area contributed by atoms with E-state index < -0.39 is 0 Å². The van der Waals surface area contributed by atoms with Gasteiger partial charge in [-0.1, -0.05) is 6.92 Å². The van der Waals surface area contributed by atoms with E-state index in [2.05, 4.69) is 17.2 Å². The van der Waals surface area contributed by atoms with E-state index in [-0.39, 0.29) is 18.1 Å². The van der Waals surface area contributed by atoms with Gasteiger partial charge in [-0.3, -0.25) is 4.79 Å². The van der Waals surface area contributed by atoms with E-state index in [4.69, 9.17) is 0 Å². The number of carbonyl (C=O) groups excluding carboxylic acids is 1. The fourth-order valence-electron chi connectivity index (χ4n) is 3.30. The van der Waals surface area contributed by atoms with Crippen molar-refractivity contribution in [1.82, 2.24) is 9.88 Å². The van der Waals surface area contributed by atoms with Crippen LogP contribution in [0, 0.1) is 5.92 Å². The van der Waals surface area contributed by atoms with Gasteiger partial charge >= 0.3 is 0 Å². The monoisotopic (exact) mass is 303 g/mol. The minimum Gasteiger partial charge on any atom is -0.391 e. The predicted molar refractivity (Wildman–Crippen MR) is 85.8 cm³/mol. The number of anilines is 1. The van der Waals surface area contributed by atoms with E-state index in [1.807, 2.05) is 17.0 Å². The van der Waals surface area contributed by atoms with Gasteiger partial charge in [-0.15, -0.1) is 0 Å². The SMILES string of the molecule is CC1CCN(C(=O)c2ccc(N[C@@H]3CCC[C@@H]3O)nc2)CC1. The highest BCUT2D eigenvalue weighted by molar-refractivity contribution is 5.94. The molecule has 2 N–H and O–H groups in total. The fourth-order valence-corrected chi connectivity index (χ4v) is 3.30. The molecule has 2 fully saturated rings. The maximum atomic E-state index is 12.4. The van der Waals surface area contributed by atoms with Crippen LogP contribution in [0.25, 0.3) is 0 Å². The van der Waals surface area contributed by atoms with Gasteiger partial charge in [0.2, 0.25) is 0 Å². The molecule has 3 rings (SSSR count). The molecule has 1 aliphatic carbocycles. The lowest BCUT2D eigenvalue weighted by Crippen LogP contribution is -2.38. The van der Waals surface area contributed by atoms with Crippen LogP contribution in [0.1, 0.15) is 49.4 Å². The zero-order chi connectivity index (χ0) is 15.5. The average molecular weight is 303 g/mol. The molecule has 0 bridgehead atoms. The summed E-state index contributed by atoms with van der Waals surface area (Å²) < 4.78 is 0. The van der Waals surface area contributed by atoms with Gasteiger partial charge in [-0.2, -0.15) is 0 Å². The number of rotatable bonds is 3. The Hall–Kier alpha value is -1.62. The minimum atomic E-state index is -0.293. The lowest BCUT2D eigenvalue weighted by molar-refractivity contribution is 0.0697. The molecule has 2 aliphatic rings. The van der Waals surface area contributed by atoms with Gasteiger partial charge < -0.3 is 15.3 Å². The largest absolute Gasteiger partial charge is 0.391 e. The number of piperidine rings is 1. The molecule has 0 radical (unpaired) electrons. The highest BCUT2D eigenvalue weighted by Gasteiger charge is 2.25. The van der Waals surface area contributed by atoms with Crippen molar-refractivity contribution in [2.75, 3.05) is 18.4 Å². The molecule has 1 saturated heterocycles. The molecule has 2 heterocycles. The molecule has 0 aromatic carbocycles. The fraction of sp³-hybridized carbons (Fsp3) is 0.647. The second-order valence-corrected chi connectivity index (χ2v) is 6.66. The number of hydrogen-bond acceptors (Lipinski definition) is 4. The molecule has 120 valence electrons. The molecule has 5 heteroatoms.